The number of carbonyl (C=O) groups is 4. The Morgan fingerprint density at radius 3 is 1.06 bits per heavy atom. The molecule has 0 aliphatic heterocycles. The van der Waals surface area contributed by atoms with Crippen LogP contribution >= 0.6 is 0 Å². The van der Waals surface area contributed by atoms with Gasteiger partial charge in [0, 0.05) is 104 Å². The van der Waals surface area contributed by atoms with Gasteiger partial charge in [-0.25, -0.2) is 9.59 Å². The van der Waals surface area contributed by atoms with Crippen molar-refractivity contribution in [3.63, 3.8) is 0 Å². The highest BCUT2D eigenvalue weighted by atomic mass is 16.7. The summed E-state index contributed by atoms with van der Waals surface area (Å²) in [6.45, 7) is 17.8. The van der Waals surface area contributed by atoms with Crippen LogP contribution in [-0.2, 0) is 41.8 Å². The molecule has 8 aromatic carbocycles. The van der Waals surface area contributed by atoms with Crippen LogP contribution in [0, 0.1) is 13.8 Å². The minimum absolute atomic E-state index is 0.145. The Kier molecular flexibility index (Phi) is 19.5. The van der Waals surface area contributed by atoms with Crippen LogP contribution in [0.25, 0.3) is 43.6 Å². The quantitative estimate of drug-likeness (QED) is 0.0157. The zero-order chi connectivity index (χ0) is 61.8. The molecule has 0 aliphatic rings. The van der Waals surface area contributed by atoms with Crippen LogP contribution in [0.2, 0.25) is 0 Å². The van der Waals surface area contributed by atoms with Gasteiger partial charge in [0.1, 0.15) is 58.8 Å². The lowest BCUT2D eigenvalue weighted by Gasteiger charge is -2.16. The molecular weight excluding hydrogens is 1110 g/mol. The topological polar surface area (TPSA) is 177 Å². The molecule has 0 bridgehead atoms. The van der Waals surface area contributed by atoms with Crippen molar-refractivity contribution in [2.45, 2.75) is 68.5 Å². The third-order valence-corrected chi connectivity index (χ3v) is 15.1. The number of fused-ring (bicyclic) bond motifs is 6. The zero-order valence-corrected chi connectivity index (χ0v) is 50.8. The molecule has 0 N–H and O–H groups in total. The van der Waals surface area contributed by atoms with E-state index in [1.165, 1.54) is 13.8 Å². The van der Waals surface area contributed by atoms with Crippen LogP contribution in [0.4, 0.5) is 0 Å². The number of aryl methyl sites for hydroxylation is 4. The normalized spacial score (nSPS) is 11.8. The maximum atomic E-state index is 14.7. The minimum atomic E-state index is -0.527. The van der Waals surface area contributed by atoms with Crippen LogP contribution < -0.4 is 18.9 Å². The van der Waals surface area contributed by atoms with Crippen LogP contribution in [0.15, 0.2) is 168 Å². The predicted molar refractivity (Wildman–Crippen MR) is 342 cm³/mol. The number of ketones is 2. The second-order valence-electron chi connectivity index (χ2n) is 20.8. The van der Waals surface area contributed by atoms with Gasteiger partial charge in [-0.2, -0.15) is 0 Å². The Labute approximate surface area is 510 Å². The second-order valence-corrected chi connectivity index (χ2v) is 20.8. The van der Waals surface area contributed by atoms with E-state index in [4.69, 9.17) is 38.1 Å². The van der Waals surface area contributed by atoms with Crippen molar-refractivity contribution in [2.24, 2.45) is 10.3 Å². The van der Waals surface area contributed by atoms with Crippen LogP contribution in [0.1, 0.15) is 107 Å². The first-order chi connectivity index (χ1) is 42.8. The third-order valence-electron chi connectivity index (χ3n) is 15.1. The summed E-state index contributed by atoms with van der Waals surface area (Å²) in [4.78, 5) is 63.8. The third kappa shape index (κ3) is 13.1. The van der Waals surface area contributed by atoms with E-state index in [0.29, 0.717) is 83.0 Å². The molecule has 0 saturated carbocycles. The first-order valence-electron chi connectivity index (χ1n) is 29.6. The second kappa shape index (κ2) is 28.1. The molecule has 0 radical (unpaired) electrons. The number of hydrogen-bond donors (Lipinski definition) is 0. The smallest absolute Gasteiger partial charge is 0.332 e. The van der Waals surface area contributed by atoms with Gasteiger partial charge in [0.15, 0.2) is 0 Å². The Hall–Kier alpha value is -9.90. The van der Waals surface area contributed by atoms with Crippen molar-refractivity contribution in [1.29, 1.82) is 0 Å². The summed E-state index contributed by atoms with van der Waals surface area (Å²) in [6.07, 6.45) is 0. The molecule has 0 unspecified atom stereocenters. The van der Waals surface area contributed by atoms with E-state index in [9.17, 15) is 19.2 Å². The maximum absolute atomic E-state index is 14.7. The summed E-state index contributed by atoms with van der Waals surface area (Å²) in [7, 11) is 0. The molecule has 2 heterocycles. The molecule has 0 spiro atoms. The van der Waals surface area contributed by atoms with Crippen LogP contribution in [0.5, 0.6) is 23.0 Å². The number of rotatable bonds is 27. The molecule has 88 heavy (non-hydrogen) atoms. The molecule has 0 aliphatic carbocycles. The number of hydrogen-bond acceptors (Lipinski definition) is 14. The summed E-state index contributed by atoms with van der Waals surface area (Å²) in [5, 5.41) is 12.2. The number of carbonyl (C=O) groups excluding carboxylic acids is 4. The van der Waals surface area contributed by atoms with Crippen molar-refractivity contribution in [3.05, 3.63) is 213 Å². The monoisotopic (exact) mass is 1180 g/mol. The fourth-order valence-corrected chi connectivity index (χ4v) is 11.2. The molecule has 10 aromatic rings. The number of oxime groups is 2. The first kappa shape index (κ1) is 61.2. The van der Waals surface area contributed by atoms with Crippen molar-refractivity contribution in [1.82, 2.24) is 9.13 Å². The van der Waals surface area contributed by atoms with Gasteiger partial charge >= 0.3 is 11.9 Å². The lowest BCUT2D eigenvalue weighted by molar-refractivity contribution is -0.141. The van der Waals surface area contributed by atoms with Crippen molar-refractivity contribution >= 4 is 78.5 Å². The summed E-state index contributed by atoms with van der Waals surface area (Å²) in [5.74, 6) is -0.0695. The molecule has 0 atom stereocenters. The van der Waals surface area contributed by atoms with Crippen LogP contribution in [-0.4, -0.2) is 96.9 Å². The van der Waals surface area contributed by atoms with Crippen molar-refractivity contribution < 1.29 is 57.3 Å². The first-order valence-corrected chi connectivity index (χ1v) is 29.6. The summed E-state index contributed by atoms with van der Waals surface area (Å²) >= 11 is 0. The highest BCUT2D eigenvalue weighted by molar-refractivity contribution is 6.21. The Morgan fingerprint density at radius 1 is 0.386 bits per heavy atom. The van der Waals surface area contributed by atoms with Gasteiger partial charge in [0.25, 0.3) is 0 Å². The van der Waals surface area contributed by atoms with E-state index >= 15 is 0 Å². The molecule has 10 rings (SSSR count). The molecule has 0 fully saturated rings. The summed E-state index contributed by atoms with van der Waals surface area (Å²) in [5.41, 5.74) is 11.5. The lowest BCUT2D eigenvalue weighted by Crippen LogP contribution is -2.15. The average Bonchev–Trinajstić information content (AvgIpc) is 1.90. The maximum Gasteiger partial charge on any atom is 0.332 e. The van der Waals surface area contributed by atoms with Crippen LogP contribution in [0.3, 0.4) is 0 Å². The van der Waals surface area contributed by atoms with Gasteiger partial charge in [-0.3, -0.25) is 9.59 Å². The van der Waals surface area contributed by atoms with Gasteiger partial charge in [0.05, 0.1) is 39.6 Å². The van der Waals surface area contributed by atoms with Gasteiger partial charge in [-0.05, 0) is 138 Å². The van der Waals surface area contributed by atoms with Crippen molar-refractivity contribution in [3.8, 4) is 23.0 Å². The van der Waals surface area contributed by atoms with Gasteiger partial charge < -0.3 is 47.2 Å². The highest BCUT2D eigenvalue weighted by Gasteiger charge is 2.26. The fraction of sp³-hybridized carbons (Fsp3) is 0.250. The standard InChI is InChI=1S/C72H70N4O12/c1-9-75-59-31-27-49(69(73-87-47(7)77)53-21-15-13-19-45(53)5)41-55(59)57-43-51(29-33-61(57)75)71(79)67-63(83-11-3)23-17-25-65(67)85-39-37-81-35-36-82-38-40-86-66-26-18-24-64(84-12-4)68(66)72(80)52-30-34-62-58(44-52)56-42-50(28-32-60(56)76(62)10-2)70(74-88-48(8)78)54-22-16-14-20-46(54)6/h13-34,41-44H,9-12,35-40H2,1-8H3/b73-69-,74-70+. The lowest BCUT2D eigenvalue weighted by atomic mass is 9.96. The molecule has 16 heteroatoms. The number of benzene rings is 8. The van der Waals surface area contributed by atoms with E-state index in [0.717, 1.165) is 77.0 Å². The number of ether oxygens (including phenoxy) is 6. The minimum Gasteiger partial charge on any atom is -0.493 e. The number of aromatic nitrogens is 2. The Morgan fingerprint density at radius 2 is 0.716 bits per heavy atom. The molecular formula is C72H70N4O12. The van der Waals surface area contributed by atoms with E-state index in [1.54, 1.807) is 36.4 Å². The van der Waals surface area contributed by atoms with E-state index in [2.05, 4.69) is 33.3 Å². The molecule has 2 aromatic heterocycles. The van der Waals surface area contributed by atoms with E-state index in [-0.39, 0.29) is 51.2 Å². The molecule has 0 saturated heterocycles. The predicted octanol–water partition coefficient (Wildman–Crippen LogP) is 13.9. The largest absolute Gasteiger partial charge is 0.493 e. The van der Waals surface area contributed by atoms with Gasteiger partial charge in [-0.15, -0.1) is 0 Å². The number of nitrogens with zero attached hydrogens (tertiary/aromatic N) is 4. The average molecular weight is 1180 g/mol. The molecule has 16 nitrogen and oxygen atoms in total. The van der Waals surface area contributed by atoms with Gasteiger partial charge in [0.2, 0.25) is 11.6 Å². The SMILES string of the molecule is CCOc1cccc(OCCOCCOCCOc2cccc(OCC)c2C(=O)c2ccc3c(c2)c2cc(/C(=N\OC(C)=O)c4ccccc4C)ccc2n3CC)c1C(=O)c1ccc2c(c1)c1cc(/C(=N/OC(C)=O)c3ccccc3C)ccc1n2CC. The summed E-state index contributed by atoms with van der Waals surface area (Å²) < 4.78 is 40.8. The molecule has 0 amide bonds. The summed E-state index contributed by atoms with van der Waals surface area (Å²) in [6, 6.07) is 49.7. The zero-order valence-electron chi connectivity index (χ0n) is 50.8. The molecule has 450 valence electrons. The fourth-order valence-electron chi connectivity index (χ4n) is 11.2. The van der Waals surface area contributed by atoms with E-state index < -0.39 is 11.9 Å². The highest BCUT2D eigenvalue weighted by Crippen LogP contribution is 2.38. The Balaban J connectivity index is 0.786. The Bertz CT molecular complexity index is 4050. The van der Waals surface area contributed by atoms with Crippen molar-refractivity contribution in [2.75, 3.05) is 52.9 Å². The van der Waals surface area contributed by atoms with E-state index in [1.807, 2.05) is 149 Å². The van der Waals surface area contributed by atoms with Gasteiger partial charge in [-0.1, -0.05) is 83.1 Å².